The minimum absolute atomic E-state index is 0.263. The van der Waals surface area contributed by atoms with Crippen molar-refractivity contribution in [3.63, 3.8) is 0 Å². The fraction of sp³-hybridized carbons (Fsp3) is 0.375. The second-order valence-corrected chi connectivity index (χ2v) is 8.13. The zero-order valence-electron chi connectivity index (χ0n) is 17.0. The highest BCUT2D eigenvalue weighted by Crippen LogP contribution is 2.32. The summed E-state index contributed by atoms with van der Waals surface area (Å²) in [6.07, 6.45) is 6.43. The van der Waals surface area contributed by atoms with Gasteiger partial charge < -0.3 is 10.6 Å². The molecular weight excluding hydrogens is 378 g/mol. The molecule has 6 nitrogen and oxygen atoms in total. The number of carbonyl (C=O) groups excluding carboxylic acids is 3. The third kappa shape index (κ3) is 4.08. The SMILES string of the molecule is O=C(CN1C(=O)NC2(CCCCCCC2)C1=O)Nc1ccccc1-c1ccccc1. The summed E-state index contributed by atoms with van der Waals surface area (Å²) in [6, 6.07) is 16.8. The standard InChI is InChI=1S/C24H27N3O3/c28-21(25-20-14-8-7-13-19(20)18-11-5-4-6-12-18)17-27-22(29)24(26-23(27)30)15-9-2-1-3-10-16-24/h4-8,11-14H,1-3,9-10,15-17H2,(H,25,28)(H,26,30). The Morgan fingerprint density at radius 1 is 0.900 bits per heavy atom. The number of imide groups is 1. The molecule has 1 heterocycles. The highest BCUT2D eigenvalue weighted by atomic mass is 16.2. The maximum atomic E-state index is 13.1. The molecule has 0 aromatic heterocycles. The number of hydrogen-bond donors (Lipinski definition) is 2. The molecule has 1 saturated carbocycles. The molecule has 4 rings (SSSR count). The monoisotopic (exact) mass is 405 g/mol. The van der Waals surface area contributed by atoms with Crippen LogP contribution in [0.15, 0.2) is 54.6 Å². The molecule has 0 radical (unpaired) electrons. The molecule has 1 aliphatic carbocycles. The lowest BCUT2D eigenvalue weighted by molar-refractivity contribution is -0.134. The van der Waals surface area contributed by atoms with Crippen molar-refractivity contribution in [1.82, 2.24) is 10.2 Å². The van der Waals surface area contributed by atoms with E-state index in [4.69, 9.17) is 0 Å². The van der Waals surface area contributed by atoms with Gasteiger partial charge in [0, 0.05) is 11.3 Å². The van der Waals surface area contributed by atoms with Crippen LogP contribution in [0.2, 0.25) is 0 Å². The zero-order valence-corrected chi connectivity index (χ0v) is 17.0. The van der Waals surface area contributed by atoms with Crippen molar-refractivity contribution in [2.24, 2.45) is 0 Å². The van der Waals surface area contributed by atoms with Crippen molar-refractivity contribution >= 4 is 23.5 Å². The van der Waals surface area contributed by atoms with Crippen LogP contribution >= 0.6 is 0 Å². The lowest BCUT2D eigenvalue weighted by atomic mass is 9.84. The Labute approximate surface area is 176 Å². The van der Waals surface area contributed by atoms with Gasteiger partial charge in [-0.05, 0) is 24.5 Å². The topological polar surface area (TPSA) is 78.5 Å². The van der Waals surface area contributed by atoms with Gasteiger partial charge in [-0.3, -0.25) is 14.5 Å². The Hall–Kier alpha value is -3.15. The largest absolute Gasteiger partial charge is 0.325 e. The van der Waals surface area contributed by atoms with Crippen molar-refractivity contribution in [3.05, 3.63) is 54.6 Å². The van der Waals surface area contributed by atoms with Crippen molar-refractivity contribution in [2.75, 3.05) is 11.9 Å². The Balaban J connectivity index is 1.47. The smallest absolute Gasteiger partial charge is 0.324 e. The normalized spacial score (nSPS) is 18.6. The molecule has 2 fully saturated rings. The maximum absolute atomic E-state index is 13.1. The summed E-state index contributed by atoms with van der Waals surface area (Å²) >= 11 is 0. The first-order valence-corrected chi connectivity index (χ1v) is 10.7. The van der Waals surface area contributed by atoms with Gasteiger partial charge in [0.05, 0.1) is 0 Å². The molecule has 0 unspecified atom stereocenters. The van der Waals surface area contributed by atoms with Gasteiger partial charge in [-0.1, -0.05) is 80.6 Å². The van der Waals surface area contributed by atoms with Gasteiger partial charge in [-0.15, -0.1) is 0 Å². The van der Waals surface area contributed by atoms with Crippen molar-refractivity contribution in [1.29, 1.82) is 0 Å². The van der Waals surface area contributed by atoms with Gasteiger partial charge in [0.2, 0.25) is 5.91 Å². The molecule has 0 bridgehead atoms. The third-order valence-electron chi connectivity index (χ3n) is 6.04. The van der Waals surface area contributed by atoms with Crippen LogP contribution in [-0.2, 0) is 9.59 Å². The van der Waals surface area contributed by atoms with Crippen LogP contribution in [0.3, 0.4) is 0 Å². The Morgan fingerprint density at radius 3 is 2.27 bits per heavy atom. The molecule has 1 saturated heterocycles. The van der Waals surface area contributed by atoms with E-state index in [1.165, 1.54) is 6.42 Å². The molecule has 0 atom stereocenters. The van der Waals surface area contributed by atoms with E-state index in [0.717, 1.165) is 41.7 Å². The van der Waals surface area contributed by atoms with Crippen molar-refractivity contribution in [3.8, 4) is 11.1 Å². The van der Waals surface area contributed by atoms with E-state index in [1.807, 2.05) is 54.6 Å². The van der Waals surface area contributed by atoms with E-state index >= 15 is 0 Å². The average molecular weight is 405 g/mol. The lowest BCUT2D eigenvalue weighted by Gasteiger charge is -2.28. The molecule has 2 aromatic carbocycles. The number of hydrogen-bond acceptors (Lipinski definition) is 3. The predicted octanol–water partition coefficient (Wildman–Crippen LogP) is 4.33. The Bertz CT molecular complexity index is 934. The first kappa shape index (κ1) is 20.1. The summed E-state index contributed by atoms with van der Waals surface area (Å²) in [6.45, 7) is -0.282. The maximum Gasteiger partial charge on any atom is 0.325 e. The number of anilines is 1. The van der Waals surface area contributed by atoms with E-state index < -0.39 is 11.6 Å². The number of carbonyl (C=O) groups is 3. The molecule has 30 heavy (non-hydrogen) atoms. The summed E-state index contributed by atoms with van der Waals surface area (Å²) < 4.78 is 0. The van der Waals surface area contributed by atoms with Gasteiger partial charge in [-0.25, -0.2) is 4.79 Å². The highest BCUT2D eigenvalue weighted by molar-refractivity contribution is 6.10. The number of rotatable bonds is 4. The van der Waals surface area contributed by atoms with Gasteiger partial charge in [0.1, 0.15) is 12.1 Å². The van der Waals surface area contributed by atoms with Crippen LogP contribution in [0, 0.1) is 0 Å². The number of nitrogens with one attached hydrogen (secondary N) is 2. The zero-order chi connectivity index (χ0) is 21.0. The summed E-state index contributed by atoms with van der Waals surface area (Å²) in [5, 5.41) is 5.78. The molecule has 1 spiro atoms. The summed E-state index contributed by atoms with van der Waals surface area (Å²) in [4.78, 5) is 39.5. The van der Waals surface area contributed by atoms with Gasteiger partial charge in [-0.2, -0.15) is 0 Å². The Kier molecular flexibility index (Phi) is 5.84. The van der Waals surface area contributed by atoms with Crippen LogP contribution < -0.4 is 10.6 Å². The van der Waals surface area contributed by atoms with E-state index in [2.05, 4.69) is 10.6 Å². The predicted molar refractivity (Wildman–Crippen MR) is 116 cm³/mol. The molecule has 6 heteroatoms. The first-order valence-electron chi connectivity index (χ1n) is 10.7. The van der Waals surface area contributed by atoms with Gasteiger partial charge in [0.25, 0.3) is 5.91 Å². The number of para-hydroxylation sites is 1. The quantitative estimate of drug-likeness (QED) is 0.744. The second-order valence-electron chi connectivity index (χ2n) is 8.13. The summed E-state index contributed by atoms with van der Waals surface area (Å²) in [7, 11) is 0. The highest BCUT2D eigenvalue weighted by Gasteiger charge is 2.50. The van der Waals surface area contributed by atoms with E-state index in [9.17, 15) is 14.4 Å². The van der Waals surface area contributed by atoms with Crippen LogP contribution in [0.25, 0.3) is 11.1 Å². The number of urea groups is 1. The average Bonchev–Trinajstić information content (AvgIpc) is 2.97. The second kappa shape index (κ2) is 8.69. The van der Waals surface area contributed by atoms with Crippen LogP contribution in [0.1, 0.15) is 44.9 Å². The molecular formula is C24H27N3O3. The fourth-order valence-corrected chi connectivity index (χ4v) is 4.46. The summed E-state index contributed by atoms with van der Waals surface area (Å²) in [5.74, 6) is -0.648. The minimum atomic E-state index is -0.834. The molecule has 2 aliphatic rings. The molecule has 4 amide bonds. The third-order valence-corrected chi connectivity index (χ3v) is 6.04. The number of amides is 4. The molecule has 156 valence electrons. The van der Waals surface area contributed by atoms with E-state index in [-0.39, 0.29) is 18.4 Å². The first-order chi connectivity index (χ1) is 14.6. The number of benzene rings is 2. The fourth-order valence-electron chi connectivity index (χ4n) is 4.46. The number of nitrogens with zero attached hydrogens (tertiary/aromatic N) is 1. The molecule has 2 N–H and O–H groups in total. The van der Waals surface area contributed by atoms with Crippen molar-refractivity contribution in [2.45, 2.75) is 50.5 Å². The lowest BCUT2D eigenvalue weighted by Crippen LogP contribution is -2.47. The summed E-state index contributed by atoms with van der Waals surface area (Å²) in [5.41, 5.74) is 1.69. The molecule has 2 aromatic rings. The minimum Gasteiger partial charge on any atom is -0.324 e. The van der Waals surface area contributed by atoms with Crippen molar-refractivity contribution < 1.29 is 14.4 Å². The Morgan fingerprint density at radius 2 is 1.53 bits per heavy atom. The molecule has 1 aliphatic heterocycles. The van der Waals surface area contributed by atoms with Crippen LogP contribution in [-0.4, -0.2) is 34.8 Å². The van der Waals surface area contributed by atoms with Crippen LogP contribution in [0.4, 0.5) is 10.5 Å². The van der Waals surface area contributed by atoms with Crippen LogP contribution in [0.5, 0.6) is 0 Å². The van der Waals surface area contributed by atoms with Gasteiger partial charge >= 0.3 is 6.03 Å². The van der Waals surface area contributed by atoms with E-state index in [1.54, 1.807) is 0 Å². The van der Waals surface area contributed by atoms with Gasteiger partial charge in [0.15, 0.2) is 0 Å². The van der Waals surface area contributed by atoms with E-state index in [0.29, 0.717) is 18.5 Å².